The quantitative estimate of drug-likeness (QED) is 0.506. The number of carbonyl (C=O) groups excluding carboxylic acids is 2. The van der Waals surface area contributed by atoms with Crippen molar-refractivity contribution in [2.24, 2.45) is 5.92 Å². The van der Waals surface area contributed by atoms with Crippen molar-refractivity contribution in [2.75, 3.05) is 5.32 Å². The molecule has 2 N–H and O–H groups in total. The number of hydrogen-bond donors (Lipinski definition) is 2. The van der Waals surface area contributed by atoms with E-state index in [9.17, 15) is 9.59 Å². The van der Waals surface area contributed by atoms with Gasteiger partial charge in [-0.2, -0.15) is 0 Å². The van der Waals surface area contributed by atoms with Gasteiger partial charge in [0.05, 0.1) is 0 Å². The zero-order chi connectivity index (χ0) is 23.3. The molecule has 0 spiro atoms. The third-order valence-corrected chi connectivity index (χ3v) is 6.17. The van der Waals surface area contributed by atoms with Gasteiger partial charge in [-0.3, -0.25) is 9.59 Å². The standard InChI is InChI=1S/C26H31N3O2S/c1-17(2)22(28-23(30)19-11-13-20(14-12-19)26(3,4)5)24(31)29-25-27-16-21(32-25)15-18-9-7-6-8-10-18/h6-14,16-17,22H,15H2,1-5H3,(H,28,30)(H,27,29,31)/t22-/m1/s1. The average molecular weight is 450 g/mol. The lowest BCUT2D eigenvalue weighted by atomic mass is 9.86. The molecule has 0 aliphatic heterocycles. The maximum Gasteiger partial charge on any atom is 0.251 e. The molecule has 0 aliphatic carbocycles. The highest BCUT2D eigenvalue weighted by molar-refractivity contribution is 7.15. The van der Waals surface area contributed by atoms with Gasteiger partial charge in [-0.25, -0.2) is 4.98 Å². The number of nitrogens with one attached hydrogen (secondary N) is 2. The van der Waals surface area contributed by atoms with Gasteiger partial charge in [-0.05, 0) is 34.6 Å². The van der Waals surface area contributed by atoms with Gasteiger partial charge in [0.2, 0.25) is 5.91 Å². The number of aromatic nitrogens is 1. The minimum atomic E-state index is -0.661. The van der Waals surface area contributed by atoms with Gasteiger partial charge in [0.15, 0.2) is 5.13 Å². The van der Waals surface area contributed by atoms with E-state index in [4.69, 9.17) is 0 Å². The number of thiazole rings is 1. The van der Waals surface area contributed by atoms with Crippen LogP contribution >= 0.6 is 11.3 Å². The molecule has 2 aromatic carbocycles. The number of hydrogen-bond acceptors (Lipinski definition) is 4. The van der Waals surface area contributed by atoms with E-state index in [2.05, 4.69) is 48.5 Å². The maximum absolute atomic E-state index is 12.9. The van der Waals surface area contributed by atoms with Crippen molar-refractivity contribution >= 4 is 28.3 Å². The van der Waals surface area contributed by atoms with Gasteiger partial charge < -0.3 is 10.6 Å². The monoisotopic (exact) mass is 449 g/mol. The van der Waals surface area contributed by atoms with Crippen molar-refractivity contribution in [1.29, 1.82) is 0 Å². The second kappa shape index (κ2) is 10.1. The van der Waals surface area contributed by atoms with E-state index in [0.29, 0.717) is 10.7 Å². The van der Waals surface area contributed by atoms with Crippen molar-refractivity contribution in [2.45, 2.75) is 52.5 Å². The van der Waals surface area contributed by atoms with Crippen molar-refractivity contribution in [3.8, 4) is 0 Å². The third-order valence-electron chi connectivity index (χ3n) is 5.25. The molecule has 0 bridgehead atoms. The molecule has 1 atom stereocenters. The van der Waals surface area contributed by atoms with E-state index in [1.165, 1.54) is 16.9 Å². The number of amides is 2. The van der Waals surface area contributed by atoms with Crippen LogP contribution in [0.2, 0.25) is 0 Å². The molecular weight excluding hydrogens is 418 g/mol. The summed E-state index contributed by atoms with van der Waals surface area (Å²) in [6.45, 7) is 10.2. The minimum Gasteiger partial charge on any atom is -0.340 e. The van der Waals surface area contributed by atoms with E-state index in [1.54, 1.807) is 6.20 Å². The van der Waals surface area contributed by atoms with Crippen LogP contribution in [0.3, 0.4) is 0 Å². The zero-order valence-corrected chi connectivity index (χ0v) is 20.1. The third kappa shape index (κ3) is 6.26. The van der Waals surface area contributed by atoms with Crippen molar-refractivity contribution in [3.63, 3.8) is 0 Å². The van der Waals surface area contributed by atoms with Crippen molar-refractivity contribution < 1.29 is 9.59 Å². The Morgan fingerprint density at radius 2 is 1.66 bits per heavy atom. The van der Waals surface area contributed by atoms with Gasteiger partial charge in [-0.1, -0.05) is 77.1 Å². The number of anilines is 1. The second-order valence-corrected chi connectivity index (χ2v) is 10.4. The molecule has 1 heterocycles. The normalized spacial score (nSPS) is 12.4. The summed E-state index contributed by atoms with van der Waals surface area (Å²) in [4.78, 5) is 31.1. The molecule has 2 amide bonds. The second-order valence-electron chi connectivity index (χ2n) is 9.31. The first-order valence-electron chi connectivity index (χ1n) is 10.8. The van der Waals surface area contributed by atoms with Crippen LogP contribution in [-0.2, 0) is 16.6 Å². The van der Waals surface area contributed by atoms with Crippen LogP contribution < -0.4 is 10.6 Å². The highest BCUT2D eigenvalue weighted by atomic mass is 32.1. The molecule has 0 saturated heterocycles. The molecule has 0 aliphatic rings. The van der Waals surface area contributed by atoms with Crippen LogP contribution in [0.4, 0.5) is 5.13 Å². The molecular formula is C26H31N3O2S. The van der Waals surface area contributed by atoms with Gasteiger partial charge in [0, 0.05) is 23.1 Å². The summed E-state index contributed by atoms with van der Waals surface area (Å²) in [6, 6.07) is 17.0. The lowest BCUT2D eigenvalue weighted by Gasteiger charge is -2.22. The fourth-order valence-electron chi connectivity index (χ4n) is 3.31. The molecule has 3 rings (SSSR count). The fourth-order valence-corrected chi connectivity index (χ4v) is 4.16. The molecule has 168 valence electrons. The smallest absolute Gasteiger partial charge is 0.251 e. The lowest BCUT2D eigenvalue weighted by Crippen LogP contribution is -2.47. The Bertz CT molecular complexity index is 1050. The number of carbonyl (C=O) groups is 2. The summed E-state index contributed by atoms with van der Waals surface area (Å²) in [7, 11) is 0. The lowest BCUT2D eigenvalue weighted by molar-refractivity contribution is -0.118. The molecule has 5 nitrogen and oxygen atoms in total. The van der Waals surface area contributed by atoms with E-state index in [1.807, 2.05) is 56.3 Å². The highest BCUT2D eigenvalue weighted by Crippen LogP contribution is 2.23. The summed E-state index contributed by atoms with van der Waals surface area (Å²) in [5.41, 5.74) is 2.90. The molecule has 0 saturated carbocycles. The summed E-state index contributed by atoms with van der Waals surface area (Å²) in [6.07, 6.45) is 2.55. The van der Waals surface area contributed by atoms with Crippen LogP contribution in [0.15, 0.2) is 60.8 Å². The first-order chi connectivity index (χ1) is 15.1. The van der Waals surface area contributed by atoms with Crippen molar-refractivity contribution in [1.82, 2.24) is 10.3 Å². The summed E-state index contributed by atoms with van der Waals surface area (Å²) < 4.78 is 0. The number of benzene rings is 2. The van der Waals surface area contributed by atoms with Crippen LogP contribution in [0.25, 0.3) is 0 Å². The highest BCUT2D eigenvalue weighted by Gasteiger charge is 2.26. The summed E-state index contributed by atoms with van der Waals surface area (Å²) in [5, 5.41) is 6.29. The van der Waals surface area contributed by atoms with Gasteiger partial charge in [-0.15, -0.1) is 11.3 Å². The van der Waals surface area contributed by atoms with Gasteiger partial charge >= 0.3 is 0 Å². The minimum absolute atomic E-state index is 0.0163. The predicted octanol–water partition coefficient (Wildman–Crippen LogP) is 5.42. The molecule has 0 unspecified atom stereocenters. The number of rotatable bonds is 7. The average Bonchev–Trinajstić information content (AvgIpc) is 3.18. The molecule has 1 aromatic heterocycles. The predicted molar refractivity (Wildman–Crippen MR) is 131 cm³/mol. The summed E-state index contributed by atoms with van der Waals surface area (Å²) >= 11 is 1.45. The zero-order valence-electron chi connectivity index (χ0n) is 19.3. The molecule has 0 radical (unpaired) electrons. The first-order valence-corrected chi connectivity index (χ1v) is 11.7. The Kier molecular flexibility index (Phi) is 7.46. The van der Waals surface area contributed by atoms with Crippen LogP contribution in [0.1, 0.15) is 61.0 Å². The Balaban J connectivity index is 1.64. The molecule has 32 heavy (non-hydrogen) atoms. The molecule has 0 fully saturated rings. The van der Waals surface area contributed by atoms with E-state index >= 15 is 0 Å². The van der Waals surface area contributed by atoms with Gasteiger partial charge in [0.25, 0.3) is 5.91 Å². The van der Waals surface area contributed by atoms with E-state index in [0.717, 1.165) is 16.9 Å². The van der Waals surface area contributed by atoms with Crippen LogP contribution in [-0.4, -0.2) is 22.8 Å². The summed E-state index contributed by atoms with van der Waals surface area (Å²) in [5.74, 6) is -0.597. The van der Waals surface area contributed by atoms with Gasteiger partial charge in [0.1, 0.15) is 6.04 Å². The van der Waals surface area contributed by atoms with Crippen LogP contribution in [0.5, 0.6) is 0 Å². The van der Waals surface area contributed by atoms with E-state index in [-0.39, 0.29) is 23.1 Å². The Labute approximate surface area is 194 Å². The van der Waals surface area contributed by atoms with Crippen LogP contribution in [0, 0.1) is 5.92 Å². The van der Waals surface area contributed by atoms with Crippen molar-refractivity contribution in [3.05, 3.63) is 82.4 Å². The molecule has 6 heteroatoms. The Hall–Kier alpha value is -2.99. The SMILES string of the molecule is CC(C)[C@@H](NC(=O)c1ccc(C(C)(C)C)cc1)C(=O)Nc1ncc(Cc2ccccc2)s1. The Morgan fingerprint density at radius 1 is 1.00 bits per heavy atom. The molecule has 3 aromatic rings. The number of nitrogens with zero attached hydrogens (tertiary/aromatic N) is 1. The topological polar surface area (TPSA) is 71.1 Å². The Morgan fingerprint density at radius 3 is 2.25 bits per heavy atom. The van der Waals surface area contributed by atoms with E-state index < -0.39 is 6.04 Å². The maximum atomic E-state index is 12.9. The fraction of sp³-hybridized carbons (Fsp3) is 0.346. The largest absolute Gasteiger partial charge is 0.340 e. The first kappa shape index (κ1) is 23.7.